The van der Waals surface area contributed by atoms with Crippen LogP contribution in [0.25, 0.3) is 0 Å². The van der Waals surface area contributed by atoms with Gasteiger partial charge in [0.2, 0.25) is 0 Å². The highest BCUT2D eigenvalue weighted by atomic mass is 31.2. The highest BCUT2D eigenvalue weighted by Gasteiger charge is 2.48. The van der Waals surface area contributed by atoms with Crippen molar-refractivity contribution in [2.45, 2.75) is 25.8 Å². The van der Waals surface area contributed by atoms with Crippen LogP contribution in [-0.2, 0) is 10.1 Å². The molecular weight excluding hydrogens is 471 g/mol. The van der Waals surface area contributed by atoms with Crippen LogP contribution >= 0.6 is 7.60 Å². The van der Waals surface area contributed by atoms with Crippen LogP contribution in [0.3, 0.4) is 0 Å². The lowest BCUT2D eigenvalue weighted by atomic mass is 9.80. The van der Waals surface area contributed by atoms with Crippen LogP contribution in [0, 0.1) is 0 Å². The normalized spacial score (nSPS) is 14.2. The molecular formula is C25H25N2O7P. The molecule has 0 aromatic heterocycles. The van der Waals surface area contributed by atoms with Gasteiger partial charge < -0.3 is 20.0 Å². The van der Waals surface area contributed by atoms with E-state index in [4.69, 9.17) is 0 Å². The second kappa shape index (κ2) is 9.00. The monoisotopic (exact) mass is 496 g/mol. The molecule has 0 unspecified atom stereocenters. The summed E-state index contributed by atoms with van der Waals surface area (Å²) in [5, 5.41) is 2.96. The maximum Gasteiger partial charge on any atom is 0.328 e. The van der Waals surface area contributed by atoms with Gasteiger partial charge in [-0.3, -0.25) is 23.7 Å². The highest BCUT2D eigenvalue weighted by Crippen LogP contribution is 2.50. The molecule has 4 rings (SSSR count). The molecule has 35 heavy (non-hydrogen) atoms. The number of nitrogens with zero attached hydrogens (tertiary/aromatic N) is 1. The van der Waals surface area contributed by atoms with Crippen molar-refractivity contribution in [3.8, 4) is 0 Å². The molecule has 0 bridgehead atoms. The summed E-state index contributed by atoms with van der Waals surface area (Å²) < 4.78 is 12.6. The number of anilines is 2. The third-order valence-corrected chi connectivity index (χ3v) is 7.32. The second-order valence-corrected chi connectivity index (χ2v) is 10.4. The average Bonchev–Trinajstić information content (AvgIpc) is 3.02. The molecule has 0 spiro atoms. The Morgan fingerprint density at radius 1 is 0.914 bits per heavy atom. The molecule has 0 atom stereocenters. The van der Waals surface area contributed by atoms with E-state index in [-0.39, 0.29) is 29.5 Å². The SMILES string of the molecule is CC(=O)c1ccc(C(CP(=O)(O)O)(c2ccc(C(C)=O)cc2)N2CCCNc3c2c(=O)c3=O)cc1. The molecule has 1 heterocycles. The van der Waals surface area contributed by atoms with E-state index < -0.39 is 30.2 Å². The highest BCUT2D eigenvalue weighted by molar-refractivity contribution is 7.51. The lowest BCUT2D eigenvalue weighted by Crippen LogP contribution is -2.54. The van der Waals surface area contributed by atoms with Crippen LogP contribution in [-0.4, -0.2) is 40.6 Å². The lowest BCUT2D eigenvalue weighted by molar-refractivity contribution is 0.100. The Balaban J connectivity index is 2.05. The molecule has 0 amide bonds. The van der Waals surface area contributed by atoms with Gasteiger partial charge in [0.05, 0.1) is 6.16 Å². The molecule has 10 heteroatoms. The number of nitrogens with one attached hydrogen (secondary N) is 1. The minimum absolute atomic E-state index is 0.0761. The molecule has 3 aromatic rings. The van der Waals surface area contributed by atoms with Gasteiger partial charge in [-0.05, 0) is 31.4 Å². The Labute approximate surface area is 201 Å². The Morgan fingerprint density at radius 2 is 1.40 bits per heavy atom. The van der Waals surface area contributed by atoms with E-state index in [1.807, 2.05) is 0 Å². The fraction of sp³-hybridized carbons (Fsp3) is 0.280. The van der Waals surface area contributed by atoms with Gasteiger partial charge >= 0.3 is 7.60 Å². The van der Waals surface area contributed by atoms with Crippen LogP contribution in [0.15, 0.2) is 58.1 Å². The molecule has 1 aliphatic heterocycles. The number of benzene rings is 2. The van der Waals surface area contributed by atoms with Crippen LogP contribution in [0.5, 0.6) is 0 Å². The maximum atomic E-state index is 12.7. The van der Waals surface area contributed by atoms with Crippen molar-refractivity contribution in [2.75, 3.05) is 29.5 Å². The predicted octanol–water partition coefficient (Wildman–Crippen LogP) is 2.43. The quantitative estimate of drug-likeness (QED) is 0.255. The Morgan fingerprint density at radius 3 is 1.83 bits per heavy atom. The zero-order chi connectivity index (χ0) is 25.5. The van der Waals surface area contributed by atoms with E-state index in [2.05, 4.69) is 5.32 Å². The summed E-state index contributed by atoms with van der Waals surface area (Å²) in [6.45, 7) is 3.46. The molecule has 1 aliphatic rings. The van der Waals surface area contributed by atoms with Crippen LogP contribution in [0.2, 0.25) is 0 Å². The maximum absolute atomic E-state index is 12.7. The Kier molecular flexibility index (Phi) is 6.36. The molecule has 0 aliphatic carbocycles. The number of ketones is 2. The Hall–Kier alpha value is -3.39. The van der Waals surface area contributed by atoms with Crippen molar-refractivity contribution in [3.05, 3.63) is 91.2 Å². The zero-order valence-electron chi connectivity index (χ0n) is 19.3. The third-order valence-electron chi connectivity index (χ3n) is 6.45. The van der Waals surface area contributed by atoms with Gasteiger partial charge in [0, 0.05) is 24.2 Å². The fourth-order valence-electron chi connectivity index (χ4n) is 4.75. The number of hydrogen-bond acceptors (Lipinski definition) is 7. The van der Waals surface area contributed by atoms with Crippen molar-refractivity contribution in [2.24, 2.45) is 0 Å². The number of carbonyl (C=O) groups is 2. The average molecular weight is 496 g/mol. The van der Waals surface area contributed by atoms with Crippen molar-refractivity contribution >= 4 is 30.5 Å². The number of rotatable bonds is 7. The van der Waals surface area contributed by atoms with Gasteiger partial charge in [-0.15, -0.1) is 0 Å². The third kappa shape index (κ3) is 4.38. The molecule has 0 saturated carbocycles. The number of carbonyl (C=O) groups excluding carboxylic acids is 2. The summed E-state index contributed by atoms with van der Waals surface area (Å²) >= 11 is 0. The van der Waals surface area contributed by atoms with Gasteiger partial charge in [0.15, 0.2) is 11.6 Å². The minimum Gasteiger partial charge on any atom is -0.380 e. The van der Waals surface area contributed by atoms with Gasteiger partial charge in [-0.25, -0.2) is 0 Å². The van der Waals surface area contributed by atoms with Crippen molar-refractivity contribution < 1.29 is 23.9 Å². The first-order valence-electron chi connectivity index (χ1n) is 11.1. The molecule has 182 valence electrons. The van der Waals surface area contributed by atoms with Crippen LogP contribution in [0.4, 0.5) is 11.4 Å². The first-order valence-corrected chi connectivity index (χ1v) is 12.9. The lowest BCUT2D eigenvalue weighted by Gasteiger charge is -2.46. The summed E-state index contributed by atoms with van der Waals surface area (Å²) in [5.74, 6) is -0.349. The minimum atomic E-state index is -4.73. The summed E-state index contributed by atoms with van der Waals surface area (Å²) in [6.07, 6.45) is -0.204. The van der Waals surface area contributed by atoms with Crippen LogP contribution < -0.4 is 21.1 Å². The first kappa shape index (κ1) is 24.7. The van der Waals surface area contributed by atoms with Gasteiger partial charge in [0.1, 0.15) is 16.9 Å². The van der Waals surface area contributed by atoms with Gasteiger partial charge in [0.25, 0.3) is 10.9 Å². The first-order chi connectivity index (χ1) is 16.5. The summed E-state index contributed by atoms with van der Waals surface area (Å²) in [5.41, 5.74) is -1.07. The van der Waals surface area contributed by atoms with Crippen molar-refractivity contribution in [3.63, 3.8) is 0 Å². The van der Waals surface area contributed by atoms with E-state index in [0.717, 1.165) is 0 Å². The fourth-order valence-corrected chi connectivity index (χ4v) is 5.88. The van der Waals surface area contributed by atoms with E-state index >= 15 is 0 Å². The number of fused-ring (bicyclic) bond motifs is 1. The topological polar surface area (TPSA) is 141 Å². The zero-order valence-corrected chi connectivity index (χ0v) is 20.2. The van der Waals surface area contributed by atoms with E-state index in [9.17, 15) is 33.5 Å². The molecule has 3 N–H and O–H groups in total. The molecule has 0 saturated heterocycles. The molecule has 0 radical (unpaired) electrons. The van der Waals surface area contributed by atoms with E-state index in [1.165, 1.54) is 13.8 Å². The molecule has 9 nitrogen and oxygen atoms in total. The molecule has 3 aromatic carbocycles. The van der Waals surface area contributed by atoms with E-state index in [1.54, 1.807) is 53.4 Å². The summed E-state index contributed by atoms with van der Waals surface area (Å²) in [6, 6.07) is 12.7. The predicted molar refractivity (Wildman–Crippen MR) is 132 cm³/mol. The van der Waals surface area contributed by atoms with Gasteiger partial charge in [-0.2, -0.15) is 0 Å². The number of hydrogen-bond donors (Lipinski definition) is 3. The van der Waals surface area contributed by atoms with Crippen LogP contribution in [0.1, 0.15) is 52.1 Å². The summed E-state index contributed by atoms with van der Waals surface area (Å²) in [4.78, 5) is 70.9. The van der Waals surface area contributed by atoms with E-state index in [0.29, 0.717) is 35.2 Å². The Bertz CT molecular complexity index is 1360. The standard InChI is InChI=1S/C25H25N2O7P/c1-15(28)17-4-8-19(9-5-17)25(14-35(32,33)34,20-10-6-18(7-11-20)16(2)29)27-13-3-12-26-21-22(27)24(31)23(21)30/h4-11,26H,3,12-14H2,1-2H3,(H2,32,33,34). The number of Topliss-reactive ketones (excluding diaryl/α,β-unsaturated/α-hetero) is 2. The van der Waals surface area contributed by atoms with Crippen molar-refractivity contribution in [1.82, 2.24) is 0 Å². The van der Waals surface area contributed by atoms with Crippen molar-refractivity contribution in [1.29, 1.82) is 0 Å². The smallest absolute Gasteiger partial charge is 0.328 e. The van der Waals surface area contributed by atoms with Gasteiger partial charge in [-0.1, -0.05) is 48.5 Å². The molecule has 0 fully saturated rings. The second-order valence-electron chi connectivity index (χ2n) is 8.76. The largest absolute Gasteiger partial charge is 0.380 e. The summed E-state index contributed by atoms with van der Waals surface area (Å²) in [7, 11) is -4.73.